The van der Waals surface area contributed by atoms with Crippen molar-refractivity contribution >= 4 is 11.9 Å². The highest BCUT2D eigenvalue weighted by atomic mass is 16.5. The minimum atomic E-state index is -0.271. The summed E-state index contributed by atoms with van der Waals surface area (Å²) in [6.07, 6.45) is 4.77. The first-order valence-corrected chi connectivity index (χ1v) is 11.5. The number of piperidine rings is 1. The lowest BCUT2D eigenvalue weighted by Crippen LogP contribution is -2.49. The predicted molar refractivity (Wildman–Crippen MR) is 124 cm³/mol. The van der Waals surface area contributed by atoms with Crippen molar-refractivity contribution in [1.29, 1.82) is 5.26 Å². The number of nitrogens with zero attached hydrogens (tertiary/aromatic N) is 4. The summed E-state index contributed by atoms with van der Waals surface area (Å²) in [6, 6.07) is 9.61. The van der Waals surface area contributed by atoms with Crippen LogP contribution in [0.2, 0.25) is 0 Å². The van der Waals surface area contributed by atoms with Crippen molar-refractivity contribution in [2.75, 3.05) is 33.3 Å². The third kappa shape index (κ3) is 6.90. The summed E-state index contributed by atoms with van der Waals surface area (Å²) in [6.45, 7) is 7.59. The maximum Gasteiger partial charge on any atom is 0.309 e. The van der Waals surface area contributed by atoms with Crippen LogP contribution in [-0.2, 0) is 27.3 Å². The number of benzene rings is 1. The molecule has 0 radical (unpaired) electrons. The third-order valence-electron chi connectivity index (χ3n) is 5.97. The van der Waals surface area contributed by atoms with E-state index < -0.39 is 0 Å². The van der Waals surface area contributed by atoms with E-state index in [0.717, 1.165) is 17.8 Å². The van der Waals surface area contributed by atoms with E-state index in [2.05, 4.69) is 35.1 Å². The number of nitriles is 1. The molecule has 1 aliphatic rings. The molecule has 3 rings (SSSR count). The Morgan fingerprint density at radius 2 is 1.97 bits per heavy atom. The molecule has 0 spiro atoms. The number of carbonyl (C=O) groups is 2. The zero-order valence-electron chi connectivity index (χ0n) is 19.7. The fourth-order valence-corrected chi connectivity index (χ4v) is 4.42. The predicted octanol–water partition coefficient (Wildman–Crippen LogP) is 2.23. The number of aromatic nitrogens is 2. The van der Waals surface area contributed by atoms with Gasteiger partial charge in [-0.2, -0.15) is 5.26 Å². The standard InChI is InChI=1S/C25H33N5O3/c1-18(2)13-29-15-21(10-22(16-29)25(32)33-3)24(31)28-9-8-23-12-27-17-30(23)14-20-6-4-19(11-26)5-7-20/h4-7,12,17-18,21-22H,8-10,13-16H2,1-3H3,(H,28,31)/t21-,22+/m1/s1. The van der Waals surface area contributed by atoms with Crippen LogP contribution in [0.5, 0.6) is 0 Å². The second-order valence-corrected chi connectivity index (χ2v) is 9.13. The van der Waals surface area contributed by atoms with Crippen LogP contribution in [0.3, 0.4) is 0 Å². The number of hydrogen-bond donors (Lipinski definition) is 1. The maximum absolute atomic E-state index is 12.9. The monoisotopic (exact) mass is 451 g/mol. The Hall–Kier alpha value is -3.18. The highest BCUT2D eigenvalue weighted by Crippen LogP contribution is 2.24. The molecule has 1 aromatic carbocycles. The molecule has 0 aliphatic carbocycles. The Kier molecular flexibility index (Phi) is 8.61. The zero-order chi connectivity index (χ0) is 23.8. The van der Waals surface area contributed by atoms with Crippen molar-refractivity contribution in [3.63, 3.8) is 0 Å². The van der Waals surface area contributed by atoms with E-state index in [1.165, 1.54) is 7.11 Å². The Morgan fingerprint density at radius 1 is 1.24 bits per heavy atom. The van der Waals surface area contributed by atoms with Gasteiger partial charge in [0.25, 0.3) is 0 Å². The molecule has 33 heavy (non-hydrogen) atoms. The Balaban J connectivity index is 1.54. The van der Waals surface area contributed by atoms with Gasteiger partial charge in [0.15, 0.2) is 0 Å². The van der Waals surface area contributed by atoms with E-state index in [-0.39, 0.29) is 23.7 Å². The lowest BCUT2D eigenvalue weighted by atomic mass is 9.88. The third-order valence-corrected chi connectivity index (χ3v) is 5.97. The molecule has 1 aromatic heterocycles. The first-order valence-electron chi connectivity index (χ1n) is 11.5. The number of imidazole rings is 1. The zero-order valence-corrected chi connectivity index (χ0v) is 19.7. The van der Waals surface area contributed by atoms with Crippen LogP contribution >= 0.6 is 0 Å². The lowest BCUT2D eigenvalue weighted by molar-refractivity contribution is -0.149. The number of carbonyl (C=O) groups excluding carboxylic acids is 2. The number of ether oxygens (including phenoxy) is 1. The van der Waals surface area contributed by atoms with Gasteiger partial charge < -0.3 is 19.5 Å². The van der Waals surface area contributed by atoms with E-state index in [9.17, 15) is 9.59 Å². The summed E-state index contributed by atoms with van der Waals surface area (Å²) in [5.41, 5.74) is 2.74. The van der Waals surface area contributed by atoms with Gasteiger partial charge in [-0.05, 0) is 30.0 Å². The molecule has 176 valence electrons. The smallest absolute Gasteiger partial charge is 0.309 e. The summed E-state index contributed by atoms with van der Waals surface area (Å²) < 4.78 is 7.00. The second-order valence-electron chi connectivity index (χ2n) is 9.13. The van der Waals surface area contributed by atoms with Crippen LogP contribution in [0.4, 0.5) is 0 Å². The van der Waals surface area contributed by atoms with Crippen molar-refractivity contribution in [3.05, 3.63) is 53.6 Å². The number of esters is 1. The normalized spacial score (nSPS) is 18.6. The topological polar surface area (TPSA) is 100 Å². The highest BCUT2D eigenvalue weighted by molar-refractivity contribution is 5.80. The number of rotatable bonds is 9. The number of likely N-dealkylation sites (tertiary alicyclic amines) is 1. The molecule has 8 nitrogen and oxygen atoms in total. The van der Waals surface area contributed by atoms with Crippen LogP contribution in [0.1, 0.15) is 37.1 Å². The Morgan fingerprint density at radius 3 is 2.64 bits per heavy atom. The number of hydrogen-bond acceptors (Lipinski definition) is 6. The fraction of sp³-hybridized carbons (Fsp3) is 0.520. The first-order chi connectivity index (χ1) is 15.9. The van der Waals surface area contributed by atoms with Gasteiger partial charge in [-0.15, -0.1) is 0 Å². The minimum Gasteiger partial charge on any atom is -0.469 e. The average molecular weight is 452 g/mol. The van der Waals surface area contributed by atoms with Crippen LogP contribution < -0.4 is 5.32 Å². The van der Waals surface area contributed by atoms with E-state index in [4.69, 9.17) is 10.00 Å². The van der Waals surface area contributed by atoms with Crippen molar-refractivity contribution < 1.29 is 14.3 Å². The molecule has 0 unspecified atom stereocenters. The van der Waals surface area contributed by atoms with E-state index in [0.29, 0.717) is 50.5 Å². The van der Waals surface area contributed by atoms with Crippen LogP contribution in [-0.4, -0.2) is 59.6 Å². The molecule has 0 saturated carbocycles. The van der Waals surface area contributed by atoms with Gasteiger partial charge in [0.05, 0.1) is 36.9 Å². The lowest BCUT2D eigenvalue weighted by Gasteiger charge is -2.36. The van der Waals surface area contributed by atoms with Crippen LogP contribution in [0, 0.1) is 29.1 Å². The minimum absolute atomic E-state index is 0.0180. The van der Waals surface area contributed by atoms with Gasteiger partial charge in [0.2, 0.25) is 5.91 Å². The molecule has 1 aliphatic heterocycles. The molecule has 2 atom stereocenters. The number of nitrogens with one attached hydrogen (secondary N) is 1. The Bertz CT molecular complexity index is 977. The van der Waals surface area contributed by atoms with Gasteiger partial charge in [-0.25, -0.2) is 4.98 Å². The first kappa shape index (κ1) is 24.5. The molecular weight excluding hydrogens is 418 g/mol. The van der Waals surface area contributed by atoms with E-state index in [1.807, 2.05) is 22.9 Å². The summed E-state index contributed by atoms with van der Waals surface area (Å²) in [5.74, 6) is -0.303. The fourth-order valence-electron chi connectivity index (χ4n) is 4.42. The SMILES string of the molecule is COC(=O)[C@H]1C[C@@H](C(=O)NCCc2cncn2Cc2ccc(C#N)cc2)CN(CC(C)C)C1. The van der Waals surface area contributed by atoms with Crippen molar-refractivity contribution in [2.45, 2.75) is 33.2 Å². The summed E-state index contributed by atoms with van der Waals surface area (Å²) in [4.78, 5) is 31.5. The number of amides is 1. The van der Waals surface area contributed by atoms with Gasteiger partial charge in [-0.3, -0.25) is 9.59 Å². The van der Waals surface area contributed by atoms with Crippen molar-refractivity contribution in [3.8, 4) is 6.07 Å². The largest absolute Gasteiger partial charge is 0.469 e. The summed E-state index contributed by atoms with van der Waals surface area (Å²) >= 11 is 0. The van der Waals surface area contributed by atoms with E-state index >= 15 is 0 Å². The molecular formula is C25H33N5O3. The highest BCUT2D eigenvalue weighted by Gasteiger charge is 2.35. The second kappa shape index (κ2) is 11.6. The molecule has 1 amide bonds. The summed E-state index contributed by atoms with van der Waals surface area (Å²) in [5, 5.41) is 12.0. The molecule has 1 fully saturated rings. The number of methoxy groups -OCH3 is 1. The summed E-state index contributed by atoms with van der Waals surface area (Å²) in [7, 11) is 1.40. The van der Waals surface area contributed by atoms with Crippen molar-refractivity contribution in [2.24, 2.45) is 17.8 Å². The molecule has 1 saturated heterocycles. The molecule has 8 heteroatoms. The molecule has 0 bridgehead atoms. The van der Waals surface area contributed by atoms with Crippen molar-refractivity contribution in [1.82, 2.24) is 19.8 Å². The Labute approximate surface area is 195 Å². The molecule has 2 heterocycles. The molecule has 2 aromatic rings. The average Bonchev–Trinajstić information content (AvgIpc) is 3.25. The van der Waals surface area contributed by atoms with Crippen LogP contribution in [0.25, 0.3) is 0 Å². The van der Waals surface area contributed by atoms with E-state index in [1.54, 1.807) is 18.5 Å². The van der Waals surface area contributed by atoms with Crippen LogP contribution in [0.15, 0.2) is 36.8 Å². The quantitative estimate of drug-likeness (QED) is 0.587. The van der Waals surface area contributed by atoms with Gasteiger partial charge in [-0.1, -0.05) is 26.0 Å². The van der Waals surface area contributed by atoms with Gasteiger partial charge in [0.1, 0.15) is 0 Å². The van der Waals surface area contributed by atoms with Gasteiger partial charge in [0, 0.05) is 51.0 Å². The molecule has 1 N–H and O–H groups in total. The maximum atomic E-state index is 12.9. The van der Waals surface area contributed by atoms with Gasteiger partial charge >= 0.3 is 5.97 Å².